The summed E-state index contributed by atoms with van der Waals surface area (Å²) in [6, 6.07) is 11.6. The monoisotopic (exact) mass is 519 g/mol. The quantitative estimate of drug-likeness (QED) is 0.312. The Kier molecular flexibility index (Phi) is 6.35. The van der Waals surface area contributed by atoms with Crippen LogP contribution in [0, 0.1) is 13.8 Å². The van der Waals surface area contributed by atoms with E-state index in [1.165, 1.54) is 36.4 Å². The molecule has 1 atom stereocenters. The summed E-state index contributed by atoms with van der Waals surface area (Å²) in [4.78, 5) is 12.2. The van der Waals surface area contributed by atoms with Gasteiger partial charge >= 0.3 is 5.63 Å². The van der Waals surface area contributed by atoms with Crippen LogP contribution in [0.5, 0.6) is 11.5 Å². The molecule has 7 nitrogen and oxygen atoms in total. The fraction of sp³-hybridized carbons (Fsp3) is 0.125. The van der Waals surface area contributed by atoms with Gasteiger partial charge in [-0.25, -0.2) is 13.2 Å². The molecule has 3 aromatic carbocycles. The average molecular weight is 520 g/mol. The van der Waals surface area contributed by atoms with Gasteiger partial charge in [0, 0.05) is 22.2 Å². The third kappa shape index (κ3) is 4.50. The molecule has 0 aliphatic rings. The minimum absolute atomic E-state index is 0.0200. The third-order valence-electron chi connectivity index (χ3n) is 5.38. The Hall–Kier alpha value is -3.04. The topological polar surface area (TPSA) is 117 Å². The lowest BCUT2D eigenvalue weighted by Gasteiger charge is -2.23. The Balaban J connectivity index is 2.03. The van der Waals surface area contributed by atoms with E-state index in [2.05, 4.69) is 4.72 Å². The smallest absolute Gasteiger partial charge is 0.336 e. The van der Waals surface area contributed by atoms with Gasteiger partial charge in [-0.2, -0.15) is 4.72 Å². The summed E-state index contributed by atoms with van der Waals surface area (Å²) in [6.07, 6.45) is 0. The molecular weight excluding hydrogens is 501 g/mol. The first-order chi connectivity index (χ1) is 16.0. The zero-order chi connectivity index (χ0) is 24.8. The molecule has 3 N–H and O–H groups in total. The molecule has 1 unspecified atom stereocenters. The van der Waals surface area contributed by atoms with Gasteiger partial charge in [0.1, 0.15) is 11.5 Å². The molecule has 4 rings (SSSR count). The van der Waals surface area contributed by atoms with Gasteiger partial charge in [0.2, 0.25) is 10.0 Å². The van der Waals surface area contributed by atoms with Crippen molar-refractivity contribution >= 4 is 44.2 Å². The summed E-state index contributed by atoms with van der Waals surface area (Å²) < 4.78 is 34.6. The molecule has 0 bridgehead atoms. The van der Waals surface area contributed by atoms with Crippen LogP contribution < -0.4 is 10.3 Å². The van der Waals surface area contributed by atoms with Gasteiger partial charge in [0.25, 0.3) is 0 Å². The molecule has 1 aromatic heterocycles. The normalized spacial score (nSPS) is 12.7. The lowest BCUT2D eigenvalue weighted by Crippen LogP contribution is -2.30. The molecule has 176 valence electrons. The Morgan fingerprint density at radius 2 is 1.62 bits per heavy atom. The van der Waals surface area contributed by atoms with E-state index >= 15 is 0 Å². The van der Waals surface area contributed by atoms with Gasteiger partial charge in [0.15, 0.2) is 5.58 Å². The first-order valence-electron chi connectivity index (χ1n) is 10.0. The molecule has 1 heterocycles. The number of hydrogen-bond donors (Lipinski definition) is 3. The van der Waals surface area contributed by atoms with Gasteiger partial charge in [0.05, 0.1) is 21.9 Å². The van der Waals surface area contributed by atoms with E-state index in [0.29, 0.717) is 10.6 Å². The molecule has 0 radical (unpaired) electrons. The number of nitrogens with one attached hydrogen (secondary N) is 1. The number of rotatable bonds is 5. The lowest BCUT2D eigenvalue weighted by molar-refractivity contribution is 0.441. The number of aromatic hydroxyl groups is 2. The molecule has 34 heavy (non-hydrogen) atoms. The minimum atomic E-state index is -4.15. The second-order valence-electron chi connectivity index (χ2n) is 7.81. The second-order valence-corrected chi connectivity index (χ2v) is 10.4. The van der Waals surface area contributed by atoms with Crippen molar-refractivity contribution in [1.29, 1.82) is 0 Å². The van der Waals surface area contributed by atoms with Crippen LogP contribution in [0.15, 0.2) is 68.7 Å². The van der Waals surface area contributed by atoms with Crippen LogP contribution in [-0.2, 0) is 10.0 Å². The van der Waals surface area contributed by atoms with E-state index in [4.69, 9.17) is 27.6 Å². The number of sulfonamides is 1. The van der Waals surface area contributed by atoms with Crippen molar-refractivity contribution in [3.05, 3.63) is 97.3 Å². The van der Waals surface area contributed by atoms with Crippen molar-refractivity contribution in [2.24, 2.45) is 0 Å². The van der Waals surface area contributed by atoms with Crippen LogP contribution in [0.4, 0.5) is 0 Å². The molecule has 0 aliphatic carbocycles. The Morgan fingerprint density at radius 3 is 2.26 bits per heavy atom. The highest BCUT2D eigenvalue weighted by atomic mass is 35.5. The summed E-state index contributed by atoms with van der Waals surface area (Å²) in [5.74, 6) is -0.832. The molecule has 0 spiro atoms. The summed E-state index contributed by atoms with van der Waals surface area (Å²) in [5.41, 5.74) is 0.494. The van der Waals surface area contributed by atoms with Gasteiger partial charge in [-0.15, -0.1) is 0 Å². The zero-order valence-corrected chi connectivity index (χ0v) is 20.3. The maximum Gasteiger partial charge on any atom is 0.336 e. The molecule has 4 aromatic rings. The van der Waals surface area contributed by atoms with Crippen molar-refractivity contribution in [3.63, 3.8) is 0 Å². The van der Waals surface area contributed by atoms with Crippen LogP contribution in [0.25, 0.3) is 11.0 Å². The number of fused-ring (bicyclic) bond motifs is 1. The highest BCUT2D eigenvalue weighted by molar-refractivity contribution is 7.89. The zero-order valence-electron chi connectivity index (χ0n) is 18.0. The van der Waals surface area contributed by atoms with E-state index < -0.39 is 27.4 Å². The Bertz CT molecular complexity index is 1580. The summed E-state index contributed by atoms with van der Waals surface area (Å²) in [6.45, 7) is 3.41. The molecule has 0 saturated carbocycles. The third-order valence-corrected chi connectivity index (χ3v) is 7.38. The summed E-state index contributed by atoms with van der Waals surface area (Å²) in [5, 5.41) is 21.8. The lowest BCUT2D eigenvalue weighted by atomic mass is 9.95. The fourth-order valence-corrected chi connectivity index (χ4v) is 5.45. The summed E-state index contributed by atoms with van der Waals surface area (Å²) >= 11 is 12.5. The highest BCUT2D eigenvalue weighted by Gasteiger charge is 2.31. The number of phenols is 2. The maximum absolute atomic E-state index is 13.3. The first kappa shape index (κ1) is 24.1. The largest absolute Gasteiger partial charge is 0.507 e. The predicted octanol–water partition coefficient (Wildman–Crippen LogP) is 5.20. The predicted molar refractivity (Wildman–Crippen MR) is 130 cm³/mol. The molecule has 0 fully saturated rings. The van der Waals surface area contributed by atoms with Crippen molar-refractivity contribution in [2.75, 3.05) is 0 Å². The number of halogens is 2. The van der Waals surface area contributed by atoms with Crippen molar-refractivity contribution in [1.82, 2.24) is 4.72 Å². The van der Waals surface area contributed by atoms with Gasteiger partial charge in [-0.3, -0.25) is 0 Å². The van der Waals surface area contributed by atoms with E-state index in [9.17, 15) is 23.4 Å². The van der Waals surface area contributed by atoms with Crippen molar-refractivity contribution in [3.8, 4) is 11.5 Å². The van der Waals surface area contributed by atoms with Gasteiger partial charge in [-0.05, 0) is 49.2 Å². The number of aryl methyl sites for hydroxylation is 2. The van der Waals surface area contributed by atoms with E-state index in [1.807, 2.05) is 6.92 Å². The Morgan fingerprint density at radius 1 is 0.941 bits per heavy atom. The second kappa shape index (κ2) is 8.96. The first-order valence-corrected chi connectivity index (χ1v) is 12.2. The number of hydrogen-bond acceptors (Lipinski definition) is 6. The molecule has 0 saturated heterocycles. The summed E-state index contributed by atoms with van der Waals surface area (Å²) in [7, 11) is -4.15. The molecule has 0 aliphatic heterocycles. The fourth-order valence-electron chi connectivity index (χ4n) is 3.75. The molecule has 10 heteroatoms. The Labute approximate surface area is 205 Å². The average Bonchev–Trinajstić information content (AvgIpc) is 2.72. The van der Waals surface area contributed by atoms with Crippen LogP contribution in [-0.4, -0.2) is 18.6 Å². The highest BCUT2D eigenvalue weighted by Crippen LogP contribution is 2.43. The molecular formula is C24H19Cl2NO6S. The standard InChI is InChI=1S/C24H19Cl2NO6S/c1-12-3-6-15(7-4-12)34(31,32)27-23(16-8-5-14(25)10-17(16)26)22-19(29)11-18(28)21-13(2)9-20(30)33-24(21)22/h3-11,23,27-29H,1-2H3. The van der Waals surface area contributed by atoms with Crippen LogP contribution in [0.1, 0.15) is 28.3 Å². The van der Waals surface area contributed by atoms with Crippen molar-refractivity contribution in [2.45, 2.75) is 24.8 Å². The number of phenolic OH excluding ortho intramolecular Hbond substituents is 2. The van der Waals surface area contributed by atoms with E-state index in [-0.39, 0.29) is 37.8 Å². The van der Waals surface area contributed by atoms with Crippen LogP contribution >= 0.6 is 23.2 Å². The molecule has 0 amide bonds. The minimum Gasteiger partial charge on any atom is -0.507 e. The van der Waals surface area contributed by atoms with E-state index in [0.717, 1.165) is 11.6 Å². The van der Waals surface area contributed by atoms with Gasteiger partial charge < -0.3 is 14.6 Å². The van der Waals surface area contributed by atoms with Crippen LogP contribution in [0.2, 0.25) is 10.0 Å². The van der Waals surface area contributed by atoms with Gasteiger partial charge in [-0.1, -0.05) is 47.0 Å². The van der Waals surface area contributed by atoms with E-state index in [1.54, 1.807) is 19.1 Å². The van der Waals surface area contributed by atoms with Crippen LogP contribution in [0.3, 0.4) is 0 Å². The maximum atomic E-state index is 13.3. The SMILES string of the molecule is Cc1ccc(S(=O)(=O)NC(c2ccc(Cl)cc2Cl)c2c(O)cc(O)c3c(C)cc(=O)oc23)cc1. The van der Waals surface area contributed by atoms with Crippen molar-refractivity contribution < 1.29 is 23.0 Å². The number of benzene rings is 3.